The fraction of sp³-hybridized carbons (Fsp3) is 0.0769. The number of benzene rings is 1. The van der Waals surface area contributed by atoms with E-state index in [0.717, 1.165) is 0 Å². The third-order valence-corrected chi connectivity index (χ3v) is 2.53. The molecule has 0 aliphatic rings. The molecule has 1 aromatic heterocycles. The molecule has 1 aromatic carbocycles. The van der Waals surface area contributed by atoms with E-state index in [1.807, 2.05) is 0 Å². The molecule has 0 radical (unpaired) electrons. The highest BCUT2D eigenvalue weighted by molar-refractivity contribution is 6.07. The zero-order valence-corrected chi connectivity index (χ0v) is 9.77. The Hall–Kier alpha value is -2.43. The molecule has 1 heterocycles. The zero-order valence-electron chi connectivity index (χ0n) is 9.77. The van der Waals surface area contributed by atoms with Gasteiger partial charge in [-0.15, -0.1) is 0 Å². The van der Waals surface area contributed by atoms with Crippen LogP contribution in [0.25, 0.3) is 0 Å². The maximum atomic E-state index is 13.3. The number of hydrogen-bond acceptors (Lipinski definition) is 3. The third-order valence-electron chi connectivity index (χ3n) is 2.53. The van der Waals surface area contributed by atoms with E-state index in [4.69, 9.17) is 5.73 Å². The highest BCUT2D eigenvalue weighted by Gasteiger charge is 2.10. The molecule has 0 bridgehead atoms. The number of nitrogen functional groups attached to an aromatic ring is 1. The average Bonchev–Trinajstić information content (AvgIpc) is 2.34. The quantitative estimate of drug-likeness (QED) is 0.853. The van der Waals surface area contributed by atoms with Crippen molar-refractivity contribution < 1.29 is 9.18 Å². The number of amides is 1. The fourth-order valence-electron chi connectivity index (χ4n) is 1.48. The molecule has 0 aliphatic carbocycles. The van der Waals surface area contributed by atoms with Gasteiger partial charge in [-0.25, -0.2) is 4.39 Å². The number of nitrogens with two attached hydrogens (primary N) is 1. The summed E-state index contributed by atoms with van der Waals surface area (Å²) in [5.41, 5.74) is 7.14. The van der Waals surface area contributed by atoms with Gasteiger partial charge in [-0.05, 0) is 30.7 Å². The van der Waals surface area contributed by atoms with Crippen LogP contribution in [0, 0.1) is 12.7 Å². The summed E-state index contributed by atoms with van der Waals surface area (Å²) in [5.74, 6) is -0.756. The molecule has 1 amide bonds. The molecule has 0 unspecified atom stereocenters. The summed E-state index contributed by atoms with van der Waals surface area (Å²) < 4.78 is 13.3. The van der Waals surface area contributed by atoms with Crippen LogP contribution in [0.1, 0.15) is 15.9 Å². The van der Waals surface area contributed by atoms with E-state index in [1.54, 1.807) is 19.1 Å². The standard InChI is InChI=1S/C13H12FN3O/c1-8-2-3-9(6-11(8)14)17-13(18)10-4-5-16-7-12(10)15/h2-7H,15H2,1H3,(H,17,18). The number of nitrogens with one attached hydrogen (secondary N) is 1. The Bertz CT molecular complexity index is 599. The third kappa shape index (κ3) is 2.45. The van der Waals surface area contributed by atoms with Gasteiger partial charge in [-0.2, -0.15) is 0 Å². The molecule has 2 aromatic rings. The molecule has 0 aliphatic heterocycles. The number of aryl methyl sites for hydroxylation is 1. The minimum Gasteiger partial charge on any atom is -0.397 e. The Labute approximate surface area is 104 Å². The van der Waals surface area contributed by atoms with Gasteiger partial charge in [-0.1, -0.05) is 6.07 Å². The van der Waals surface area contributed by atoms with Gasteiger partial charge in [-0.3, -0.25) is 9.78 Å². The highest BCUT2D eigenvalue weighted by atomic mass is 19.1. The second-order valence-electron chi connectivity index (χ2n) is 3.88. The summed E-state index contributed by atoms with van der Waals surface area (Å²) in [6, 6.07) is 6.01. The zero-order chi connectivity index (χ0) is 13.1. The van der Waals surface area contributed by atoms with Crippen LogP contribution in [0.3, 0.4) is 0 Å². The summed E-state index contributed by atoms with van der Waals surface area (Å²) in [7, 11) is 0. The second-order valence-corrected chi connectivity index (χ2v) is 3.88. The molecule has 0 saturated heterocycles. The molecule has 0 saturated carbocycles. The van der Waals surface area contributed by atoms with Crippen LogP contribution >= 0.6 is 0 Å². The lowest BCUT2D eigenvalue weighted by molar-refractivity contribution is 0.102. The Morgan fingerprint density at radius 1 is 1.39 bits per heavy atom. The predicted molar refractivity (Wildman–Crippen MR) is 67.7 cm³/mol. The van der Waals surface area contributed by atoms with Crippen molar-refractivity contribution in [2.45, 2.75) is 6.92 Å². The van der Waals surface area contributed by atoms with E-state index in [1.165, 1.54) is 24.5 Å². The van der Waals surface area contributed by atoms with Crippen molar-refractivity contribution in [3.05, 3.63) is 53.6 Å². The molecular formula is C13H12FN3O. The minimum absolute atomic E-state index is 0.280. The predicted octanol–water partition coefficient (Wildman–Crippen LogP) is 2.36. The summed E-state index contributed by atoms with van der Waals surface area (Å²) in [4.78, 5) is 15.7. The van der Waals surface area contributed by atoms with Crippen molar-refractivity contribution in [2.75, 3.05) is 11.1 Å². The lowest BCUT2D eigenvalue weighted by Crippen LogP contribution is -2.14. The molecule has 3 N–H and O–H groups in total. The first-order valence-electron chi connectivity index (χ1n) is 5.35. The molecule has 5 heteroatoms. The van der Waals surface area contributed by atoms with Gasteiger partial charge < -0.3 is 11.1 Å². The SMILES string of the molecule is Cc1ccc(NC(=O)c2ccncc2N)cc1F. The second kappa shape index (κ2) is 4.83. The number of rotatable bonds is 2. The number of hydrogen-bond donors (Lipinski definition) is 2. The van der Waals surface area contributed by atoms with E-state index in [9.17, 15) is 9.18 Å². The van der Waals surface area contributed by atoms with E-state index >= 15 is 0 Å². The van der Waals surface area contributed by atoms with Gasteiger partial charge in [0.05, 0.1) is 17.4 Å². The van der Waals surface area contributed by atoms with Crippen LogP contribution in [-0.4, -0.2) is 10.9 Å². The van der Waals surface area contributed by atoms with Crippen molar-refractivity contribution in [1.29, 1.82) is 0 Å². The molecule has 18 heavy (non-hydrogen) atoms. The van der Waals surface area contributed by atoms with Gasteiger partial charge in [0.2, 0.25) is 0 Å². The Balaban J connectivity index is 2.22. The Morgan fingerprint density at radius 2 is 2.17 bits per heavy atom. The number of pyridine rings is 1. The molecular weight excluding hydrogens is 233 g/mol. The maximum absolute atomic E-state index is 13.3. The van der Waals surface area contributed by atoms with Gasteiger partial charge in [0.25, 0.3) is 5.91 Å². The number of aromatic nitrogens is 1. The van der Waals surface area contributed by atoms with Gasteiger partial charge >= 0.3 is 0 Å². The van der Waals surface area contributed by atoms with Crippen molar-refractivity contribution >= 4 is 17.3 Å². The first-order valence-corrected chi connectivity index (χ1v) is 5.35. The van der Waals surface area contributed by atoms with Gasteiger partial charge in [0.15, 0.2) is 0 Å². The Kier molecular flexibility index (Phi) is 3.23. The molecule has 0 spiro atoms. The molecule has 4 nitrogen and oxygen atoms in total. The van der Waals surface area contributed by atoms with E-state index in [-0.39, 0.29) is 11.5 Å². The van der Waals surface area contributed by atoms with Crippen molar-refractivity contribution in [1.82, 2.24) is 4.98 Å². The number of anilines is 2. The molecule has 2 rings (SSSR count). The van der Waals surface area contributed by atoms with E-state index in [0.29, 0.717) is 16.8 Å². The maximum Gasteiger partial charge on any atom is 0.257 e. The Morgan fingerprint density at radius 3 is 2.83 bits per heavy atom. The van der Waals surface area contributed by atoms with Crippen molar-refractivity contribution in [3.63, 3.8) is 0 Å². The van der Waals surface area contributed by atoms with Crippen LogP contribution in [0.4, 0.5) is 15.8 Å². The first kappa shape index (κ1) is 12.0. The highest BCUT2D eigenvalue weighted by Crippen LogP contribution is 2.16. The van der Waals surface area contributed by atoms with Crippen molar-refractivity contribution in [3.8, 4) is 0 Å². The van der Waals surface area contributed by atoms with Crippen molar-refractivity contribution in [2.24, 2.45) is 0 Å². The topological polar surface area (TPSA) is 68.0 Å². The molecule has 0 fully saturated rings. The summed E-state index contributed by atoms with van der Waals surface area (Å²) in [5, 5.41) is 2.58. The van der Waals surface area contributed by atoms with E-state index in [2.05, 4.69) is 10.3 Å². The summed E-state index contributed by atoms with van der Waals surface area (Å²) >= 11 is 0. The van der Waals surface area contributed by atoms with Crippen LogP contribution < -0.4 is 11.1 Å². The van der Waals surface area contributed by atoms with Crippen LogP contribution in [0.2, 0.25) is 0 Å². The smallest absolute Gasteiger partial charge is 0.257 e. The molecule has 92 valence electrons. The van der Waals surface area contributed by atoms with E-state index < -0.39 is 5.91 Å². The summed E-state index contributed by atoms with van der Waals surface area (Å²) in [6.07, 6.45) is 2.87. The largest absolute Gasteiger partial charge is 0.397 e. The van der Waals surface area contributed by atoms with Gasteiger partial charge in [0.1, 0.15) is 5.82 Å². The number of nitrogens with zero attached hydrogens (tertiary/aromatic N) is 1. The first-order chi connectivity index (χ1) is 8.58. The lowest BCUT2D eigenvalue weighted by Gasteiger charge is -2.07. The number of halogens is 1. The number of carbonyl (C=O) groups is 1. The summed E-state index contributed by atoms with van der Waals surface area (Å²) in [6.45, 7) is 1.65. The average molecular weight is 245 g/mol. The monoisotopic (exact) mass is 245 g/mol. The van der Waals surface area contributed by atoms with Gasteiger partial charge in [0, 0.05) is 11.9 Å². The minimum atomic E-state index is -0.391. The lowest BCUT2D eigenvalue weighted by atomic mass is 10.2. The van der Waals surface area contributed by atoms with Crippen LogP contribution in [-0.2, 0) is 0 Å². The van der Waals surface area contributed by atoms with Crippen LogP contribution in [0.5, 0.6) is 0 Å². The molecule has 0 atom stereocenters. The van der Waals surface area contributed by atoms with Crippen LogP contribution in [0.15, 0.2) is 36.7 Å². The normalized spacial score (nSPS) is 10.1. The fourth-order valence-corrected chi connectivity index (χ4v) is 1.48. The number of carbonyl (C=O) groups excluding carboxylic acids is 1.